The highest BCUT2D eigenvalue weighted by Gasteiger charge is 2.29. The predicted molar refractivity (Wildman–Crippen MR) is 55.1 cm³/mol. The highest BCUT2D eigenvalue weighted by atomic mass is 35.5. The van der Waals surface area contributed by atoms with Gasteiger partial charge in [-0.25, -0.2) is 0 Å². The molecule has 0 amide bonds. The quantitative estimate of drug-likeness (QED) is 0.688. The third-order valence-corrected chi connectivity index (χ3v) is 2.64. The summed E-state index contributed by atoms with van der Waals surface area (Å²) in [7, 11) is 0. The van der Waals surface area contributed by atoms with Gasteiger partial charge in [0, 0.05) is 5.38 Å². The molecule has 0 bridgehead atoms. The first kappa shape index (κ1) is 12.4. The molecular formula is C11H12ClF3. The van der Waals surface area contributed by atoms with E-state index in [2.05, 4.69) is 0 Å². The van der Waals surface area contributed by atoms with Gasteiger partial charge in [-0.3, -0.25) is 0 Å². The molecule has 1 unspecified atom stereocenters. The van der Waals surface area contributed by atoms with Gasteiger partial charge < -0.3 is 0 Å². The van der Waals surface area contributed by atoms with Crippen LogP contribution in [0, 0.1) is 0 Å². The molecule has 0 saturated carbocycles. The van der Waals surface area contributed by atoms with Gasteiger partial charge >= 0.3 is 6.18 Å². The zero-order chi connectivity index (χ0) is 11.5. The molecule has 0 aliphatic rings. The van der Waals surface area contributed by atoms with Crippen LogP contribution in [0.3, 0.4) is 0 Å². The molecule has 1 aromatic carbocycles. The summed E-state index contributed by atoms with van der Waals surface area (Å²) < 4.78 is 36.7. The number of rotatable bonds is 3. The molecule has 0 radical (unpaired) electrons. The van der Waals surface area contributed by atoms with Crippen molar-refractivity contribution in [2.24, 2.45) is 0 Å². The Bertz CT molecular complexity index is 303. The summed E-state index contributed by atoms with van der Waals surface area (Å²) in [4.78, 5) is 0. The smallest absolute Gasteiger partial charge is 0.166 e. The Morgan fingerprint density at radius 3 is 2.13 bits per heavy atom. The van der Waals surface area contributed by atoms with Crippen LogP contribution in [0.2, 0.25) is 0 Å². The lowest BCUT2D eigenvalue weighted by Gasteiger charge is -2.09. The molecule has 4 heteroatoms. The Labute approximate surface area is 92.1 Å². The lowest BCUT2D eigenvalue weighted by Crippen LogP contribution is -2.06. The number of benzene rings is 1. The maximum atomic E-state index is 12.2. The molecule has 0 fully saturated rings. The predicted octanol–water partition coefficient (Wildman–Crippen LogP) is 4.27. The maximum Gasteiger partial charge on any atom is 0.416 e. The van der Waals surface area contributed by atoms with Crippen LogP contribution in [-0.2, 0) is 12.6 Å². The molecule has 0 saturated heterocycles. The number of hydrogen-bond acceptors (Lipinski definition) is 0. The number of halogens is 4. The van der Waals surface area contributed by atoms with Gasteiger partial charge in [-0.15, -0.1) is 11.6 Å². The van der Waals surface area contributed by atoms with Crippen molar-refractivity contribution in [3.8, 4) is 0 Å². The fraction of sp³-hybridized carbons (Fsp3) is 0.455. The number of alkyl halides is 4. The van der Waals surface area contributed by atoms with Crippen LogP contribution >= 0.6 is 11.6 Å². The Balaban J connectivity index is 2.73. The van der Waals surface area contributed by atoms with E-state index in [1.807, 2.05) is 6.92 Å². The third kappa shape index (κ3) is 3.74. The van der Waals surface area contributed by atoms with Crippen LogP contribution in [-0.4, -0.2) is 5.38 Å². The van der Waals surface area contributed by atoms with Crippen molar-refractivity contribution in [3.05, 3.63) is 35.4 Å². The van der Waals surface area contributed by atoms with Crippen LogP contribution in [0.5, 0.6) is 0 Å². The largest absolute Gasteiger partial charge is 0.416 e. The van der Waals surface area contributed by atoms with E-state index < -0.39 is 11.7 Å². The molecule has 1 atom stereocenters. The van der Waals surface area contributed by atoms with E-state index in [0.717, 1.165) is 24.1 Å². The average Bonchev–Trinajstić information content (AvgIpc) is 2.17. The molecule has 0 heterocycles. The highest BCUT2D eigenvalue weighted by molar-refractivity contribution is 6.20. The summed E-state index contributed by atoms with van der Waals surface area (Å²) in [5.41, 5.74) is 0.221. The van der Waals surface area contributed by atoms with E-state index >= 15 is 0 Å². The average molecular weight is 237 g/mol. The number of hydrogen-bond donors (Lipinski definition) is 0. The molecule has 1 aromatic rings. The maximum absolute atomic E-state index is 12.2. The van der Waals surface area contributed by atoms with Crippen LogP contribution in [0.25, 0.3) is 0 Å². The minimum Gasteiger partial charge on any atom is -0.166 e. The molecule has 0 aromatic heterocycles. The van der Waals surface area contributed by atoms with E-state index in [4.69, 9.17) is 11.6 Å². The highest BCUT2D eigenvalue weighted by Crippen LogP contribution is 2.29. The van der Waals surface area contributed by atoms with Gasteiger partial charge in [-0.05, 0) is 30.5 Å². The second-order valence-electron chi connectivity index (χ2n) is 3.40. The lowest BCUT2D eigenvalue weighted by molar-refractivity contribution is -0.137. The van der Waals surface area contributed by atoms with E-state index in [1.54, 1.807) is 0 Å². The zero-order valence-electron chi connectivity index (χ0n) is 8.31. The molecular weight excluding hydrogens is 225 g/mol. The van der Waals surface area contributed by atoms with Crippen molar-refractivity contribution in [2.75, 3.05) is 0 Å². The Morgan fingerprint density at radius 2 is 1.73 bits per heavy atom. The monoisotopic (exact) mass is 236 g/mol. The van der Waals surface area contributed by atoms with Crippen molar-refractivity contribution in [1.29, 1.82) is 0 Å². The Kier molecular flexibility index (Phi) is 4.03. The van der Waals surface area contributed by atoms with Gasteiger partial charge in [-0.1, -0.05) is 19.1 Å². The summed E-state index contributed by atoms with van der Waals surface area (Å²) in [5, 5.41) is -0.0123. The molecule has 0 aliphatic carbocycles. The first-order valence-electron chi connectivity index (χ1n) is 4.73. The summed E-state index contributed by atoms with van der Waals surface area (Å²) >= 11 is 5.91. The molecule has 0 N–H and O–H groups in total. The topological polar surface area (TPSA) is 0 Å². The Hall–Kier alpha value is -0.700. The summed E-state index contributed by atoms with van der Waals surface area (Å²) in [6.07, 6.45) is -2.84. The van der Waals surface area contributed by atoms with E-state index in [-0.39, 0.29) is 5.38 Å². The van der Waals surface area contributed by atoms with E-state index in [1.165, 1.54) is 12.1 Å². The van der Waals surface area contributed by atoms with Gasteiger partial charge in [0.05, 0.1) is 5.56 Å². The van der Waals surface area contributed by atoms with Crippen molar-refractivity contribution < 1.29 is 13.2 Å². The van der Waals surface area contributed by atoms with Crippen LogP contribution in [0.15, 0.2) is 24.3 Å². The summed E-state index contributed by atoms with van der Waals surface area (Å²) in [5.74, 6) is 0. The van der Waals surface area contributed by atoms with Crippen molar-refractivity contribution in [3.63, 3.8) is 0 Å². The van der Waals surface area contributed by atoms with Crippen molar-refractivity contribution in [2.45, 2.75) is 31.3 Å². The summed E-state index contributed by atoms with van der Waals surface area (Å²) in [6, 6.07) is 5.14. The van der Waals surface area contributed by atoms with Gasteiger partial charge in [0.25, 0.3) is 0 Å². The van der Waals surface area contributed by atoms with Crippen molar-refractivity contribution >= 4 is 11.6 Å². The first-order valence-corrected chi connectivity index (χ1v) is 5.17. The molecule has 0 nitrogen and oxygen atoms in total. The standard InChI is InChI=1S/C11H12ClF3/c1-2-10(12)7-8-3-5-9(6-4-8)11(13,14)15/h3-6,10H,2,7H2,1H3. The van der Waals surface area contributed by atoms with Crippen LogP contribution in [0.4, 0.5) is 13.2 Å². The molecule has 0 spiro atoms. The van der Waals surface area contributed by atoms with Gasteiger partial charge in [0.1, 0.15) is 0 Å². The van der Waals surface area contributed by atoms with Crippen LogP contribution < -0.4 is 0 Å². The second-order valence-corrected chi connectivity index (χ2v) is 4.02. The normalized spacial score (nSPS) is 13.9. The zero-order valence-corrected chi connectivity index (χ0v) is 9.07. The molecule has 1 rings (SSSR count). The first-order chi connectivity index (χ1) is 6.93. The fourth-order valence-corrected chi connectivity index (χ4v) is 1.41. The fourth-order valence-electron chi connectivity index (χ4n) is 1.23. The minimum atomic E-state index is -4.26. The van der Waals surface area contributed by atoms with E-state index in [9.17, 15) is 13.2 Å². The molecule has 84 valence electrons. The van der Waals surface area contributed by atoms with Crippen LogP contribution in [0.1, 0.15) is 24.5 Å². The van der Waals surface area contributed by atoms with E-state index in [0.29, 0.717) is 6.42 Å². The van der Waals surface area contributed by atoms with Gasteiger partial charge in [-0.2, -0.15) is 13.2 Å². The molecule has 0 aliphatic heterocycles. The third-order valence-electron chi connectivity index (χ3n) is 2.18. The summed E-state index contributed by atoms with van der Waals surface area (Å²) in [6.45, 7) is 1.95. The lowest BCUT2D eigenvalue weighted by atomic mass is 10.1. The van der Waals surface area contributed by atoms with Gasteiger partial charge in [0.15, 0.2) is 0 Å². The van der Waals surface area contributed by atoms with Gasteiger partial charge in [0.2, 0.25) is 0 Å². The van der Waals surface area contributed by atoms with Crippen molar-refractivity contribution in [1.82, 2.24) is 0 Å². The molecule has 15 heavy (non-hydrogen) atoms. The minimum absolute atomic E-state index is 0.0123. The SMILES string of the molecule is CCC(Cl)Cc1ccc(C(F)(F)F)cc1. The second kappa shape index (κ2) is 4.88. The Morgan fingerprint density at radius 1 is 1.20 bits per heavy atom.